The van der Waals surface area contributed by atoms with Crippen LogP contribution in [0.2, 0.25) is 0 Å². The molecule has 0 heteroatoms. The lowest BCUT2D eigenvalue weighted by molar-refractivity contribution is 1.03. The number of aryl methyl sites for hydroxylation is 3. The van der Waals surface area contributed by atoms with Crippen LogP contribution in [0.25, 0.3) is 27.5 Å². The lowest BCUT2D eigenvalue weighted by Gasteiger charge is -2.23. The third-order valence-electron chi connectivity index (χ3n) is 8.66. The van der Waals surface area contributed by atoms with Crippen LogP contribution in [0.15, 0.2) is 133 Å². The SMILES string of the molecule is Cc1ccccc1C#Cc1c2c(c(-c3ccccc3C)c3ccccc13)C(c1ccccc1)=CC2c1ccccc1C. The summed E-state index contributed by atoms with van der Waals surface area (Å²) in [6.07, 6.45) is 2.49. The fourth-order valence-corrected chi connectivity index (χ4v) is 6.53. The third kappa shape index (κ3) is 4.36. The molecular formula is C42H32. The Morgan fingerprint density at radius 1 is 0.500 bits per heavy atom. The van der Waals surface area contributed by atoms with Gasteiger partial charge in [0.1, 0.15) is 0 Å². The van der Waals surface area contributed by atoms with E-state index in [0.29, 0.717) is 0 Å². The van der Waals surface area contributed by atoms with Gasteiger partial charge in [0, 0.05) is 17.0 Å². The van der Waals surface area contributed by atoms with Crippen LogP contribution < -0.4 is 0 Å². The van der Waals surface area contributed by atoms with Crippen LogP contribution in [0.5, 0.6) is 0 Å². The molecule has 0 radical (unpaired) electrons. The summed E-state index contributed by atoms with van der Waals surface area (Å²) >= 11 is 0. The second kappa shape index (κ2) is 10.7. The summed E-state index contributed by atoms with van der Waals surface area (Å²) in [6.45, 7) is 6.59. The maximum atomic E-state index is 3.75. The van der Waals surface area contributed by atoms with Crippen molar-refractivity contribution in [1.29, 1.82) is 0 Å². The number of hydrogen-bond donors (Lipinski definition) is 0. The fraction of sp³-hybridized carbons (Fsp3) is 0.0952. The van der Waals surface area contributed by atoms with E-state index >= 15 is 0 Å². The molecule has 0 bridgehead atoms. The van der Waals surface area contributed by atoms with Gasteiger partial charge in [-0.25, -0.2) is 0 Å². The molecule has 200 valence electrons. The van der Waals surface area contributed by atoms with Gasteiger partial charge in [0.25, 0.3) is 0 Å². The van der Waals surface area contributed by atoms with Crippen molar-refractivity contribution in [2.45, 2.75) is 26.7 Å². The predicted octanol–water partition coefficient (Wildman–Crippen LogP) is 10.4. The van der Waals surface area contributed by atoms with E-state index < -0.39 is 0 Å². The van der Waals surface area contributed by atoms with Gasteiger partial charge >= 0.3 is 0 Å². The molecule has 0 saturated heterocycles. The van der Waals surface area contributed by atoms with Crippen LogP contribution in [-0.4, -0.2) is 0 Å². The normalized spacial score (nSPS) is 13.8. The summed E-state index contributed by atoms with van der Waals surface area (Å²) in [5.74, 6) is 7.42. The number of rotatable bonds is 3. The second-order valence-corrected chi connectivity index (χ2v) is 11.2. The number of benzene rings is 6. The average molecular weight is 537 g/mol. The van der Waals surface area contributed by atoms with Gasteiger partial charge in [-0.2, -0.15) is 0 Å². The van der Waals surface area contributed by atoms with Crippen molar-refractivity contribution < 1.29 is 0 Å². The minimum atomic E-state index is 0.0879. The van der Waals surface area contributed by atoms with Crippen LogP contribution in [0.3, 0.4) is 0 Å². The highest BCUT2D eigenvalue weighted by molar-refractivity contribution is 6.10. The van der Waals surface area contributed by atoms with E-state index in [1.807, 2.05) is 0 Å². The first-order valence-electron chi connectivity index (χ1n) is 14.7. The van der Waals surface area contributed by atoms with Crippen molar-refractivity contribution in [3.63, 3.8) is 0 Å². The molecule has 0 aliphatic heterocycles. The molecule has 0 fully saturated rings. The maximum Gasteiger partial charge on any atom is 0.0375 e. The topological polar surface area (TPSA) is 0 Å². The Morgan fingerprint density at radius 3 is 1.86 bits per heavy atom. The highest BCUT2D eigenvalue weighted by Crippen LogP contribution is 2.52. The zero-order valence-corrected chi connectivity index (χ0v) is 24.3. The molecule has 1 atom stereocenters. The Balaban J connectivity index is 1.66. The Bertz CT molecular complexity index is 2060. The molecule has 1 unspecified atom stereocenters. The Kier molecular flexibility index (Phi) is 6.58. The van der Waals surface area contributed by atoms with Crippen LogP contribution in [0.4, 0.5) is 0 Å². The standard InChI is InChI=1S/C42H32/c1-28-15-7-10-18-31(28)25-26-37-35-23-13-14-24-36(35)40(34-22-12-9-17-30(34)3)42-38(32-19-5-4-6-20-32)27-39(41(37)42)33-21-11-8-16-29(33)2/h4-24,27,39H,1-3H3. The van der Waals surface area contributed by atoms with Gasteiger partial charge in [0.05, 0.1) is 0 Å². The highest BCUT2D eigenvalue weighted by Gasteiger charge is 2.33. The molecule has 0 heterocycles. The van der Waals surface area contributed by atoms with Crippen LogP contribution in [-0.2, 0) is 0 Å². The first-order chi connectivity index (χ1) is 20.6. The van der Waals surface area contributed by atoms with Crippen molar-refractivity contribution in [2.24, 2.45) is 0 Å². The molecule has 42 heavy (non-hydrogen) atoms. The van der Waals surface area contributed by atoms with Crippen molar-refractivity contribution in [3.05, 3.63) is 184 Å². The lowest BCUT2D eigenvalue weighted by Crippen LogP contribution is -2.05. The quantitative estimate of drug-likeness (QED) is 0.197. The number of allylic oxidation sites excluding steroid dienone is 1. The van der Waals surface area contributed by atoms with Gasteiger partial charge in [-0.15, -0.1) is 0 Å². The zero-order valence-electron chi connectivity index (χ0n) is 24.3. The average Bonchev–Trinajstić information content (AvgIpc) is 3.41. The molecule has 1 aliphatic rings. The third-order valence-corrected chi connectivity index (χ3v) is 8.66. The summed E-state index contributed by atoms with van der Waals surface area (Å²) in [7, 11) is 0. The Labute approximate surface area is 249 Å². The molecule has 7 rings (SSSR count). The van der Waals surface area contributed by atoms with E-state index in [1.165, 1.54) is 66.4 Å². The largest absolute Gasteiger partial charge is 0.0640 e. The summed E-state index contributed by atoms with van der Waals surface area (Å²) in [5, 5.41) is 2.45. The first kappa shape index (κ1) is 25.8. The van der Waals surface area contributed by atoms with E-state index in [0.717, 1.165) is 11.1 Å². The van der Waals surface area contributed by atoms with Gasteiger partial charge < -0.3 is 0 Å². The molecule has 0 N–H and O–H groups in total. The van der Waals surface area contributed by atoms with Crippen LogP contribution >= 0.6 is 0 Å². The van der Waals surface area contributed by atoms with Crippen molar-refractivity contribution in [2.75, 3.05) is 0 Å². The van der Waals surface area contributed by atoms with E-state index in [9.17, 15) is 0 Å². The molecule has 6 aromatic carbocycles. The number of fused-ring (bicyclic) bond motifs is 2. The summed E-state index contributed by atoms with van der Waals surface area (Å²) in [5.41, 5.74) is 15.0. The van der Waals surface area contributed by atoms with Crippen LogP contribution in [0.1, 0.15) is 56.0 Å². The first-order valence-corrected chi connectivity index (χ1v) is 14.7. The van der Waals surface area contributed by atoms with E-state index in [4.69, 9.17) is 0 Å². The van der Waals surface area contributed by atoms with Crippen LogP contribution in [0, 0.1) is 32.6 Å². The predicted molar refractivity (Wildman–Crippen MR) is 178 cm³/mol. The summed E-state index contributed by atoms with van der Waals surface area (Å²) in [6, 6.07) is 45.7. The highest BCUT2D eigenvalue weighted by atomic mass is 14.4. The Hall–Kier alpha value is -5.12. The minimum absolute atomic E-state index is 0.0879. The lowest BCUT2D eigenvalue weighted by atomic mass is 9.80. The number of hydrogen-bond acceptors (Lipinski definition) is 0. The van der Waals surface area contributed by atoms with E-state index in [2.05, 4.69) is 166 Å². The molecule has 0 aromatic heterocycles. The minimum Gasteiger partial charge on any atom is -0.0640 e. The molecule has 0 amide bonds. The molecule has 0 spiro atoms. The zero-order chi connectivity index (χ0) is 28.6. The fourth-order valence-electron chi connectivity index (χ4n) is 6.53. The second-order valence-electron chi connectivity index (χ2n) is 11.2. The van der Waals surface area contributed by atoms with Gasteiger partial charge in [0.15, 0.2) is 0 Å². The summed E-state index contributed by atoms with van der Waals surface area (Å²) < 4.78 is 0. The smallest absolute Gasteiger partial charge is 0.0375 e. The van der Waals surface area contributed by atoms with E-state index in [-0.39, 0.29) is 5.92 Å². The Morgan fingerprint density at radius 2 is 1.12 bits per heavy atom. The van der Waals surface area contributed by atoms with E-state index in [1.54, 1.807) is 0 Å². The van der Waals surface area contributed by atoms with Gasteiger partial charge in [0.2, 0.25) is 0 Å². The molecule has 1 aliphatic carbocycles. The van der Waals surface area contributed by atoms with Gasteiger partial charge in [-0.05, 0) is 93.3 Å². The maximum absolute atomic E-state index is 3.75. The molecule has 0 saturated carbocycles. The molecular weight excluding hydrogens is 504 g/mol. The van der Waals surface area contributed by atoms with Crippen molar-refractivity contribution in [1.82, 2.24) is 0 Å². The van der Waals surface area contributed by atoms with Gasteiger partial charge in [-0.1, -0.05) is 139 Å². The summed E-state index contributed by atoms with van der Waals surface area (Å²) in [4.78, 5) is 0. The monoisotopic (exact) mass is 536 g/mol. The van der Waals surface area contributed by atoms with Crippen molar-refractivity contribution in [3.8, 4) is 23.0 Å². The van der Waals surface area contributed by atoms with Crippen molar-refractivity contribution >= 4 is 16.3 Å². The molecule has 0 nitrogen and oxygen atoms in total. The van der Waals surface area contributed by atoms with Gasteiger partial charge in [-0.3, -0.25) is 0 Å². The molecule has 6 aromatic rings.